The third-order valence-electron chi connectivity index (χ3n) is 5.04. The average Bonchev–Trinajstić information content (AvgIpc) is 2.71. The predicted octanol–water partition coefficient (Wildman–Crippen LogP) is 2.12. The lowest BCUT2D eigenvalue weighted by molar-refractivity contribution is -0.123. The number of amides is 1. The molecule has 1 saturated heterocycles. The Kier molecular flexibility index (Phi) is 7.19. The molecule has 2 aromatic rings. The topological polar surface area (TPSA) is 86.3 Å². The van der Waals surface area contributed by atoms with Crippen LogP contribution in [0.2, 0.25) is 0 Å². The van der Waals surface area contributed by atoms with Crippen LogP contribution in [0.1, 0.15) is 36.4 Å². The third-order valence-corrected chi connectivity index (χ3v) is 5.04. The van der Waals surface area contributed by atoms with Crippen LogP contribution < -0.4 is 16.0 Å². The number of nitrogens with zero attached hydrogens (tertiary/aromatic N) is 1. The van der Waals surface area contributed by atoms with Crippen molar-refractivity contribution in [2.45, 2.75) is 31.8 Å². The standard InChI is InChI=1S/C21H28N4O2/c26-19-3-1-2-18(14-19)20(24-13-8-16-4-9-22-10-5-16)21(27)25-15-17-6-11-23-12-7-17/h1-3,6-7,11-12,14,16,20,22,24,26H,4-5,8-10,13,15H2,(H,25,27). The van der Waals surface area contributed by atoms with Gasteiger partial charge in [-0.1, -0.05) is 12.1 Å². The third kappa shape index (κ3) is 6.05. The second-order valence-electron chi connectivity index (χ2n) is 7.04. The molecular formula is C21H28N4O2. The summed E-state index contributed by atoms with van der Waals surface area (Å²) in [5.41, 5.74) is 1.77. The van der Waals surface area contributed by atoms with Gasteiger partial charge in [-0.05, 0) is 80.2 Å². The Morgan fingerprint density at radius 2 is 2.00 bits per heavy atom. The average molecular weight is 368 g/mol. The van der Waals surface area contributed by atoms with E-state index in [1.54, 1.807) is 30.6 Å². The van der Waals surface area contributed by atoms with E-state index in [1.807, 2.05) is 18.2 Å². The molecule has 2 heterocycles. The number of aromatic hydroxyl groups is 1. The highest BCUT2D eigenvalue weighted by Crippen LogP contribution is 2.20. The fourth-order valence-electron chi connectivity index (χ4n) is 3.46. The first-order chi connectivity index (χ1) is 13.2. The molecule has 0 bridgehead atoms. The summed E-state index contributed by atoms with van der Waals surface area (Å²) in [5, 5.41) is 19.6. The van der Waals surface area contributed by atoms with Crippen LogP contribution in [-0.4, -0.2) is 35.6 Å². The molecule has 1 aliphatic heterocycles. The number of benzene rings is 1. The van der Waals surface area contributed by atoms with E-state index in [9.17, 15) is 9.90 Å². The first-order valence-corrected chi connectivity index (χ1v) is 9.62. The van der Waals surface area contributed by atoms with E-state index in [4.69, 9.17) is 0 Å². The summed E-state index contributed by atoms with van der Waals surface area (Å²) in [7, 11) is 0. The molecule has 6 heteroatoms. The maximum absolute atomic E-state index is 12.8. The summed E-state index contributed by atoms with van der Waals surface area (Å²) in [5.74, 6) is 0.769. The van der Waals surface area contributed by atoms with Gasteiger partial charge in [-0.2, -0.15) is 0 Å². The molecule has 1 amide bonds. The van der Waals surface area contributed by atoms with Gasteiger partial charge in [-0.3, -0.25) is 9.78 Å². The maximum Gasteiger partial charge on any atom is 0.242 e. The Balaban J connectivity index is 1.60. The van der Waals surface area contributed by atoms with Crippen LogP contribution in [0.4, 0.5) is 0 Å². The second kappa shape index (κ2) is 10.0. The Hall–Kier alpha value is -2.44. The van der Waals surface area contributed by atoms with Gasteiger partial charge in [0.05, 0.1) is 0 Å². The summed E-state index contributed by atoms with van der Waals surface area (Å²) >= 11 is 0. The molecule has 1 aliphatic rings. The second-order valence-corrected chi connectivity index (χ2v) is 7.04. The molecule has 0 aliphatic carbocycles. The van der Waals surface area contributed by atoms with Crippen LogP contribution in [0.15, 0.2) is 48.8 Å². The smallest absolute Gasteiger partial charge is 0.242 e. The number of pyridine rings is 1. The predicted molar refractivity (Wildman–Crippen MR) is 105 cm³/mol. The number of rotatable bonds is 8. The van der Waals surface area contributed by atoms with Crippen molar-refractivity contribution in [1.29, 1.82) is 0 Å². The molecule has 1 aromatic heterocycles. The number of aromatic nitrogens is 1. The van der Waals surface area contributed by atoms with Gasteiger partial charge < -0.3 is 21.1 Å². The largest absolute Gasteiger partial charge is 0.508 e. The molecule has 1 atom stereocenters. The van der Waals surface area contributed by atoms with Crippen molar-refractivity contribution in [3.05, 3.63) is 59.9 Å². The summed E-state index contributed by atoms with van der Waals surface area (Å²) in [6.07, 6.45) is 6.85. The number of piperidine rings is 1. The van der Waals surface area contributed by atoms with Gasteiger partial charge in [0.15, 0.2) is 0 Å². The highest BCUT2D eigenvalue weighted by atomic mass is 16.3. The number of carbonyl (C=O) groups excluding carboxylic acids is 1. The van der Waals surface area contributed by atoms with Gasteiger partial charge in [0, 0.05) is 18.9 Å². The number of nitrogens with one attached hydrogen (secondary N) is 3. The highest BCUT2D eigenvalue weighted by Gasteiger charge is 2.21. The number of phenolic OH excluding ortho intramolecular Hbond substituents is 1. The van der Waals surface area contributed by atoms with E-state index in [1.165, 1.54) is 12.8 Å². The lowest BCUT2D eigenvalue weighted by atomic mass is 9.94. The van der Waals surface area contributed by atoms with E-state index in [2.05, 4.69) is 20.9 Å². The summed E-state index contributed by atoms with van der Waals surface area (Å²) in [4.78, 5) is 16.8. The minimum Gasteiger partial charge on any atom is -0.508 e. The Labute approximate surface area is 160 Å². The molecular weight excluding hydrogens is 340 g/mol. The minimum atomic E-state index is -0.486. The molecule has 0 spiro atoms. The van der Waals surface area contributed by atoms with Gasteiger partial charge in [-0.25, -0.2) is 0 Å². The molecule has 27 heavy (non-hydrogen) atoms. The van der Waals surface area contributed by atoms with Gasteiger partial charge >= 0.3 is 0 Å². The molecule has 3 rings (SSSR count). The molecule has 1 fully saturated rings. The normalized spacial score (nSPS) is 16.0. The fraction of sp³-hybridized carbons (Fsp3) is 0.429. The Morgan fingerprint density at radius 3 is 2.74 bits per heavy atom. The van der Waals surface area contributed by atoms with Crippen molar-refractivity contribution >= 4 is 5.91 Å². The quantitative estimate of drug-likeness (QED) is 0.573. The number of carbonyl (C=O) groups is 1. The summed E-state index contributed by atoms with van der Waals surface area (Å²) in [6.45, 7) is 3.38. The van der Waals surface area contributed by atoms with Gasteiger partial charge in [0.25, 0.3) is 0 Å². The van der Waals surface area contributed by atoms with E-state index < -0.39 is 6.04 Å². The fourth-order valence-corrected chi connectivity index (χ4v) is 3.46. The monoisotopic (exact) mass is 368 g/mol. The van der Waals surface area contributed by atoms with Crippen LogP contribution >= 0.6 is 0 Å². The van der Waals surface area contributed by atoms with Crippen LogP contribution in [0.5, 0.6) is 5.75 Å². The number of hydrogen-bond acceptors (Lipinski definition) is 5. The van der Waals surface area contributed by atoms with Crippen molar-refractivity contribution in [3.63, 3.8) is 0 Å². The molecule has 0 radical (unpaired) electrons. The van der Waals surface area contributed by atoms with E-state index in [-0.39, 0.29) is 11.7 Å². The van der Waals surface area contributed by atoms with Gasteiger partial charge in [0.2, 0.25) is 5.91 Å². The number of hydrogen-bond donors (Lipinski definition) is 4. The van der Waals surface area contributed by atoms with Crippen molar-refractivity contribution in [2.75, 3.05) is 19.6 Å². The summed E-state index contributed by atoms with van der Waals surface area (Å²) in [6, 6.07) is 10.2. The van der Waals surface area contributed by atoms with Crippen molar-refractivity contribution < 1.29 is 9.90 Å². The van der Waals surface area contributed by atoms with Crippen LogP contribution in [0, 0.1) is 5.92 Å². The van der Waals surface area contributed by atoms with Crippen LogP contribution in [0.25, 0.3) is 0 Å². The van der Waals surface area contributed by atoms with Crippen molar-refractivity contribution in [2.24, 2.45) is 5.92 Å². The number of phenols is 1. The molecule has 1 unspecified atom stereocenters. The first kappa shape index (κ1) is 19.3. The summed E-state index contributed by atoms with van der Waals surface area (Å²) < 4.78 is 0. The van der Waals surface area contributed by atoms with Crippen LogP contribution in [-0.2, 0) is 11.3 Å². The molecule has 1 aromatic carbocycles. The molecule has 0 saturated carbocycles. The Morgan fingerprint density at radius 1 is 1.22 bits per heavy atom. The zero-order valence-corrected chi connectivity index (χ0v) is 15.5. The van der Waals surface area contributed by atoms with Crippen molar-refractivity contribution in [1.82, 2.24) is 20.9 Å². The van der Waals surface area contributed by atoms with Gasteiger partial charge in [0.1, 0.15) is 11.8 Å². The minimum absolute atomic E-state index is 0.0947. The van der Waals surface area contributed by atoms with Gasteiger partial charge in [-0.15, -0.1) is 0 Å². The van der Waals surface area contributed by atoms with E-state index in [0.29, 0.717) is 12.5 Å². The van der Waals surface area contributed by atoms with Crippen LogP contribution in [0.3, 0.4) is 0 Å². The molecule has 144 valence electrons. The zero-order chi connectivity index (χ0) is 18.9. The molecule has 4 N–H and O–H groups in total. The Bertz CT molecular complexity index is 717. The van der Waals surface area contributed by atoms with E-state index >= 15 is 0 Å². The van der Waals surface area contributed by atoms with E-state index in [0.717, 1.165) is 37.2 Å². The lowest BCUT2D eigenvalue weighted by Crippen LogP contribution is -2.38. The van der Waals surface area contributed by atoms with Crippen molar-refractivity contribution in [3.8, 4) is 5.75 Å². The lowest BCUT2D eigenvalue weighted by Gasteiger charge is -2.24. The first-order valence-electron chi connectivity index (χ1n) is 9.62. The SMILES string of the molecule is O=C(NCc1ccncc1)C(NCCC1CCNCC1)c1cccc(O)c1. The zero-order valence-electron chi connectivity index (χ0n) is 15.5. The molecule has 6 nitrogen and oxygen atoms in total. The maximum atomic E-state index is 12.8. The highest BCUT2D eigenvalue weighted by molar-refractivity contribution is 5.83.